The van der Waals surface area contributed by atoms with E-state index in [4.69, 9.17) is 9.26 Å². The van der Waals surface area contributed by atoms with Crippen LogP contribution in [0.1, 0.15) is 45.6 Å². The standard InChI is InChI=1S/C25H36NO7PS2/c1-24(2,3)23(30)32-18-33-34(31,12-8-7-11-19-9-5-4-6-10-19)16-21(27)26-17-25(35-13-14-36-25)15-20(26)22(28)29/h4-6,9-10,20H,7-8,11-18H2,1-3H3,(H,28,29)/t20-,34?/m0/s1. The molecule has 3 rings (SSSR count). The number of carbonyl (C=O) groups excluding carboxylic acids is 2. The third-order valence-corrected chi connectivity index (χ3v) is 12.0. The van der Waals surface area contributed by atoms with E-state index in [0.29, 0.717) is 19.4 Å². The SMILES string of the molecule is CC(C)(C)C(=O)OCOP(=O)(CCCCc1ccccc1)CC(=O)N1CC2(C[C@H]1C(=O)O)SCCS2. The van der Waals surface area contributed by atoms with Gasteiger partial charge in [0.15, 0.2) is 6.79 Å². The van der Waals surface area contributed by atoms with Crippen LogP contribution in [0, 0.1) is 5.41 Å². The number of aryl methyl sites for hydroxylation is 1. The normalized spacial score (nSPS) is 20.9. The molecule has 11 heteroatoms. The van der Waals surface area contributed by atoms with E-state index in [9.17, 15) is 24.1 Å². The molecule has 1 spiro atoms. The zero-order chi connectivity index (χ0) is 26.4. The third kappa shape index (κ3) is 8.01. The lowest BCUT2D eigenvalue weighted by Gasteiger charge is -2.26. The monoisotopic (exact) mass is 557 g/mol. The highest BCUT2D eigenvalue weighted by atomic mass is 32.2. The van der Waals surface area contributed by atoms with Crippen molar-refractivity contribution in [2.24, 2.45) is 5.41 Å². The molecular formula is C25H36NO7PS2. The van der Waals surface area contributed by atoms with Gasteiger partial charge in [-0.3, -0.25) is 18.7 Å². The molecule has 1 aromatic carbocycles. The number of hydrogen-bond acceptors (Lipinski definition) is 8. The van der Waals surface area contributed by atoms with E-state index >= 15 is 0 Å². The summed E-state index contributed by atoms with van der Waals surface area (Å²) in [7, 11) is -3.53. The predicted octanol–water partition coefficient (Wildman–Crippen LogP) is 4.71. The van der Waals surface area contributed by atoms with Gasteiger partial charge in [0.05, 0.1) is 9.49 Å². The fraction of sp³-hybridized carbons (Fsp3) is 0.640. The largest absolute Gasteiger partial charge is 0.480 e. The molecule has 0 bridgehead atoms. The zero-order valence-corrected chi connectivity index (χ0v) is 23.7. The molecule has 2 heterocycles. The molecule has 2 saturated heterocycles. The topological polar surface area (TPSA) is 110 Å². The quantitative estimate of drug-likeness (QED) is 0.179. The number of benzene rings is 1. The maximum absolute atomic E-state index is 13.8. The first-order chi connectivity index (χ1) is 16.9. The Morgan fingerprint density at radius 2 is 1.81 bits per heavy atom. The second kappa shape index (κ2) is 12.4. The van der Waals surface area contributed by atoms with Crippen molar-refractivity contribution in [2.45, 2.75) is 56.6 Å². The summed E-state index contributed by atoms with van der Waals surface area (Å²) in [5, 5.41) is 9.76. The minimum absolute atomic E-state index is 0.152. The Labute approximate surface area is 221 Å². The lowest BCUT2D eigenvalue weighted by molar-refractivity contribution is -0.159. The van der Waals surface area contributed by atoms with Gasteiger partial charge in [0.2, 0.25) is 13.3 Å². The number of unbranched alkanes of at least 4 members (excludes halogenated alkanes) is 1. The van der Waals surface area contributed by atoms with Crippen LogP contribution in [0.15, 0.2) is 30.3 Å². The average molecular weight is 558 g/mol. The number of carboxylic acid groups (broad SMARTS) is 1. The van der Waals surface area contributed by atoms with Crippen LogP contribution in [0.5, 0.6) is 0 Å². The van der Waals surface area contributed by atoms with Gasteiger partial charge < -0.3 is 14.7 Å². The minimum atomic E-state index is -3.53. The summed E-state index contributed by atoms with van der Waals surface area (Å²) in [5.74, 6) is -0.193. The number of nitrogens with zero attached hydrogens (tertiary/aromatic N) is 1. The van der Waals surface area contributed by atoms with Crippen LogP contribution in [0.4, 0.5) is 0 Å². The number of carbonyl (C=O) groups is 3. The summed E-state index contributed by atoms with van der Waals surface area (Å²) < 4.78 is 24.2. The summed E-state index contributed by atoms with van der Waals surface area (Å²) in [6.45, 7) is 4.92. The van der Waals surface area contributed by atoms with Gasteiger partial charge in [0.1, 0.15) is 12.2 Å². The Morgan fingerprint density at radius 1 is 1.14 bits per heavy atom. The minimum Gasteiger partial charge on any atom is -0.480 e. The Hall–Kier alpha value is -1.48. The van der Waals surface area contributed by atoms with E-state index in [1.54, 1.807) is 44.3 Å². The number of rotatable bonds is 11. The molecule has 8 nitrogen and oxygen atoms in total. The van der Waals surface area contributed by atoms with Gasteiger partial charge >= 0.3 is 11.9 Å². The second-order valence-electron chi connectivity index (χ2n) is 10.3. The highest BCUT2D eigenvalue weighted by Crippen LogP contribution is 2.53. The van der Waals surface area contributed by atoms with Crippen molar-refractivity contribution in [1.82, 2.24) is 4.90 Å². The summed E-state index contributed by atoms with van der Waals surface area (Å²) in [6.07, 6.45) is 2.24. The Balaban J connectivity index is 1.65. The van der Waals surface area contributed by atoms with Crippen LogP contribution in [0.3, 0.4) is 0 Å². The van der Waals surface area contributed by atoms with Crippen molar-refractivity contribution >= 4 is 48.7 Å². The first-order valence-electron chi connectivity index (χ1n) is 12.2. The molecule has 1 amide bonds. The number of carboxylic acids is 1. The van der Waals surface area contributed by atoms with E-state index in [1.165, 1.54) is 10.5 Å². The summed E-state index contributed by atoms with van der Waals surface area (Å²) >= 11 is 3.39. The van der Waals surface area contributed by atoms with Gasteiger partial charge in [-0.2, -0.15) is 0 Å². The van der Waals surface area contributed by atoms with Crippen LogP contribution in [-0.2, 0) is 34.6 Å². The van der Waals surface area contributed by atoms with Crippen molar-refractivity contribution in [3.05, 3.63) is 35.9 Å². The highest BCUT2D eigenvalue weighted by Gasteiger charge is 2.52. The molecule has 36 heavy (non-hydrogen) atoms. The molecule has 2 fully saturated rings. The fourth-order valence-corrected chi connectivity index (χ4v) is 9.41. The predicted molar refractivity (Wildman–Crippen MR) is 144 cm³/mol. The molecule has 0 aromatic heterocycles. The molecule has 1 N–H and O–H groups in total. The van der Waals surface area contributed by atoms with E-state index in [2.05, 4.69) is 0 Å². The maximum Gasteiger partial charge on any atom is 0.326 e. The summed E-state index contributed by atoms with van der Waals surface area (Å²) in [6, 6.07) is 8.99. The second-order valence-corrected chi connectivity index (χ2v) is 16.1. The molecule has 0 radical (unpaired) electrons. The van der Waals surface area contributed by atoms with E-state index in [-0.39, 0.29) is 10.2 Å². The van der Waals surface area contributed by atoms with Crippen molar-refractivity contribution in [1.29, 1.82) is 0 Å². The van der Waals surface area contributed by atoms with E-state index in [1.807, 2.05) is 30.3 Å². The van der Waals surface area contributed by atoms with Gasteiger partial charge in [0.25, 0.3) is 0 Å². The molecule has 2 aliphatic rings. The molecule has 2 aliphatic heterocycles. The molecule has 200 valence electrons. The Bertz CT molecular complexity index is 976. The fourth-order valence-electron chi connectivity index (χ4n) is 4.23. The number of likely N-dealkylation sites (tertiary alicyclic amines) is 1. The van der Waals surface area contributed by atoms with Crippen molar-refractivity contribution in [3.8, 4) is 0 Å². The van der Waals surface area contributed by atoms with Gasteiger partial charge in [-0.25, -0.2) is 4.79 Å². The van der Waals surface area contributed by atoms with Gasteiger partial charge in [-0.1, -0.05) is 30.3 Å². The number of esters is 1. The van der Waals surface area contributed by atoms with Crippen molar-refractivity contribution < 1.29 is 33.3 Å². The van der Waals surface area contributed by atoms with Crippen LogP contribution in [0.2, 0.25) is 0 Å². The van der Waals surface area contributed by atoms with E-state index in [0.717, 1.165) is 24.3 Å². The summed E-state index contributed by atoms with van der Waals surface area (Å²) in [4.78, 5) is 38.7. The molecular weight excluding hydrogens is 521 g/mol. The Kier molecular flexibility index (Phi) is 10.00. The zero-order valence-electron chi connectivity index (χ0n) is 21.1. The van der Waals surface area contributed by atoms with Crippen molar-refractivity contribution in [3.63, 3.8) is 0 Å². The first-order valence-corrected chi connectivity index (χ1v) is 16.1. The van der Waals surface area contributed by atoms with Gasteiger partial charge in [-0.15, -0.1) is 23.5 Å². The summed E-state index contributed by atoms with van der Waals surface area (Å²) in [5.41, 5.74) is 0.426. The van der Waals surface area contributed by atoms with Crippen LogP contribution >= 0.6 is 30.9 Å². The highest BCUT2D eigenvalue weighted by molar-refractivity contribution is 8.21. The van der Waals surface area contributed by atoms with Gasteiger partial charge in [-0.05, 0) is 45.6 Å². The van der Waals surface area contributed by atoms with Crippen LogP contribution in [-0.4, -0.2) is 75.1 Å². The molecule has 1 aromatic rings. The van der Waals surface area contributed by atoms with E-state index < -0.39 is 49.6 Å². The lowest BCUT2D eigenvalue weighted by atomic mass is 9.98. The number of aliphatic carboxylic acids is 1. The third-order valence-electron chi connectivity index (χ3n) is 6.23. The number of hydrogen-bond donors (Lipinski definition) is 1. The molecule has 2 atom stereocenters. The molecule has 0 saturated carbocycles. The smallest absolute Gasteiger partial charge is 0.326 e. The lowest BCUT2D eigenvalue weighted by Crippen LogP contribution is -2.42. The number of thioether (sulfide) groups is 2. The number of amides is 1. The van der Waals surface area contributed by atoms with Crippen molar-refractivity contribution in [2.75, 3.05) is 37.2 Å². The van der Waals surface area contributed by atoms with Gasteiger partial charge in [0, 0.05) is 30.6 Å². The van der Waals surface area contributed by atoms with Crippen LogP contribution in [0.25, 0.3) is 0 Å². The molecule has 0 aliphatic carbocycles. The number of ether oxygens (including phenoxy) is 1. The van der Waals surface area contributed by atoms with Crippen LogP contribution < -0.4 is 0 Å². The molecule has 1 unspecified atom stereocenters. The first kappa shape index (κ1) is 29.1. The Morgan fingerprint density at radius 3 is 2.42 bits per heavy atom. The average Bonchev–Trinajstić information content (AvgIpc) is 3.44. The maximum atomic E-state index is 13.8.